The Labute approximate surface area is 190 Å². The monoisotopic (exact) mass is 479 g/mol. The summed E-state index contributed by atoms with van der Waals surface area (Å²) in [4.78, 5) is 14.4. The molecule has 0 spiro atoms. The zero-order chi connectivity index (χ0) is 23.8. The fourth-order valence-electron chi connectivity index (χ4n) is 3.72. The van der Waals surface area contributed by atoms with Crippen LogP contribution in [0.25, 0.3) is 11.2 Å². The van der Waals surface area contributed by atoms with E-state index in [0.717, 1.165) is 0 Å². The van der Waals surface area contributed by atoms with E-state index in [2.05, 4.69) is 15.0 Å². The van der Waals surface area contributed by atoms with Crippen LogP contribution in [0.15, 0.2) is 36.7 Å². The van der Waals surface area contributed by atoms with Crippen molar-refractivity contribution >= 4 is 31.2 Å². The van der Waals surface area contributed by atoms with Crippen molar-refractivity contribution in [2.24, 2.45) is 0 Å². The fraction of sp³-hybridized carbons (Fsp3) is 0.450. The lowest BCUT2D eigenvalue weighted by Crippen LogP contribution is -2.45. The molecule has 0 bridgehead atoms. The van der Waals surface area contributed by atoms with Crippen molar-refractivity contribution in [3.8, 4) is 5.75 Å². The second-order valence-electron chi connectivity index (χ2n) is 7.84. The second-order valence-corrected chi connectivity index (χ2v) is 8.73. The van der Waals surface area contributed by atoms with Gasteiger partial charge in [0.2, 0.25) is 5.95 Å². The number of aromatic nitrogens is 4. The summed E-state index contributed by atoms with van der Waals surface area (Å²) < 4.78 is 45.5. The predicted octanol–water partition coefficient (Wildman–Crippen LogP) is 2.60. The Balaban J connectivity index is 1.57. The Morgan fingerprint density at radius 3 is 2.73 bits per heavy atom. The summed E-state index contributed by atoms with van der Waals surface area (Å²) in [5.41, 5.74) is 5.04. The van der Waals surface area contributed by atoms with Crippen LogP contribution in [0.1, 0.15) is 19.6 Å². The molecule has 3 aromatic rings. The summed E-state index contributed by atoms with van der Waals surface area (Å²) in [5, 5.41) is 10.7. The normalized spacial score (nSPS) is 25.4. The Morgan fingerprint density at radius 1 is 1.33 bits per heavy atom. The maximum Gasteiger partial charge on any atom is 0.750 e. The molecule has 3 heterocycles. The topological polar surface area (TPSA) is 138 Å². The summed E-state index contributed by atoms with van der Waals surface area (Å²) in [7, 11) is 0.967. The SMILES string of the molecule is CC[C@]1(CO[P+](=O)Oc2ccccc2)O[C@@H](n2cnc3c(N(C)C)nc(N)nc32)[C@H](F)[C@@H]1O. The fourth-order valence-corrected chi connectivity index (χ4v) is 4.39. The molecule has 4 rings (SSSR count). The highest BCUT2D eigenvalue weighted by molar-refractivity contribution is 7.33. The van der Waals surface area contributed by atoms with Crippen molar-refractivity contribution in [3.05, 3.63) is 36.7 Å². The number of nitrogens with zero attached hydrogens (tertiary/aromatic N) is 5. The second kappa shape index (κ2) is 9.14. The lowest BCUT2D eigenvalue weighted by Gasteiger charge is -2.27. The number of nitrogens with two attached hydrogens (primary N) is 1. The van der Waals surface area contributed by atoms with Gasteiger partial charge in [-0.3, -0.25) is 4.57 Å². The van der Waals surface area contributed by atoms with Crippen molar-refractivity contribution in [3.63, 3.8) is 0 Å². The molecule has 0 amide bonds. The average Bonchev–Trinajstić information content (AvgIpc) is 3.32. The van der Waals surface area contributed by atoms with Gasteiger partial charge in [-0.25, -0.2) is 13.9 Å². The van der Waals surface area contributed by atoms with Crippen molar-refractivity contribution in [1.29, 1.82) is 0 Å². The number of halogens is 1. The summed E-state index contributed by atoms with van der Waals surface area (Å²) in [5.74, 6) is 0.810. The number of fused-ring (bicyclic) bond motifs is 1. The number of imidazole rings is 1. The number of para-hydroxylation sites is 1. The van der Waals surface area contributed by atoms with Gasteiger partial charge in [0, 0.05) is 18.7 Å². The van der Waals surface area contributed by atoms with E-state index in [-0.39, 0.29) is 24.6 Å². The first-order valence-corrected chi connectivity index (χ1v) is 11.4. The number of nitrogen functional groups attached to an aromatic ring is 1. The van der Waals surface area contributed by atoms with Gasteiger partial charge in [0.1, 0.15) is 18.3 Å². The molecule has 1 aliphatic rings. The van der Waals surface area contributed by atoms with Crippen LogP contribution >= 0.6 is 8.25 Å². The zero-order valence-electron chi connectivity index (χ0n) is 18.3. The summed E-state index contributed by atoms with van der Waals surface area (Å²) >= 11 is 0. The van der Waals surface area contributed by atoms with Crippen LogP contribution in [0.5, 0.6) is 5.75 Å². The summed E-state index contributed by atoms with van der Waals surface area (Å²) in [6.07, 6.45) is -3.10. The van der Waals surface area contributed by atoms with E-state index in [1.54, 1.807) is 56.3 Å². The molecule has 1 aromatic carbocycles. The van der Waals surface area contributed by atoms with Crippen LogP contribution in [0.3, 0.4) is 0 Å². The molecule has 1 aliphatic heterocycles. The largest absolute Gasteiger partial charge is 0.750 e. The number of alkyl halides is 1. The quantitative estimate of drug-likeness (QED) is 0.464. The van der Waals surface area contributed by atoms with E-state index < -0.39 is 32.4 Å². The molecule has 11 nitrogen and oxygen atoms in total. The highest BCUT2D eigenvalue weighted by Gasteiger charge is 2.57. The number of aliphatic hydroxyl groups is 1. The number of hydrogen-bond donors (Lipinski definition) is 2. The molecule has 2 aromatic heterocycles. The average molecular weight is 479 g/mol. The van der Waals surface area contributed by atoms with Gasteiger partial charge in [-0.2, -0.15) is 9.97 Å². The number of anilines is 2. The molecule has 5 atom stereocenters. The molecular formula is C20H25FN6O5P+. The molecule has 3 N–H and O–H groups in total. The van der Waals surface area contributed by atoms with Crippen molar-refractivity contribution in [1.82, 2.24) is 19.5 Å². The standard InChI is InChI=1S/C20H25FN6O5P/c1-4-20(10-30-33(29)32-12-8-6-5-7-9-12)15(28)13(21)18(31-20)27-11-23-14-16(26(2)3)24-19(22)25-17(14)27/h5-9,11,13,15,18,28H,4,10H2,1-3H3,(H2,22,24,25)/q+1/t13-,15+,18-,20-/m1/s1. The lowest BCUT2D eigenvalue weighted by molar-refractivity contribution is -0.123. The van der Waals surface area contributed by atoms with Crippen LogP contribution in [-0.2, 0) is 13.8 Å². The molecule has 176 valence electrons. The van der Waals surface area contributed by atoms with Gasteiger partial charge in [0.15, 0.2) is 35.1 Å². The minimum absolute atomic E-state index is 0.0120. The van der Waals surface area contributed by atoms with Crippen LogP contribution < -0.4 is 15.2 Å². The maximum absolute atomic E-state index is 15.3. The molecule has 13 heteroatoms. The van der Waals surface area contributed by atoms with Crippen LogP contribution in [0.2, 0.25) is 0 Å². The van der Waals surface area contributed by atoms with Gasteiger partial charge in [-0.1, -0.05) is 25.1 Å². The molecule has 33 heavy (non-hydrogen) atoms. The number of hydrogen-bond acceptors (Lipinski definition) is 10. The Bertz CT molecular complexity index is 1150. The zero-order valence-corrected chi connectivity index (χ0v) is 19.2. The summed E-state index contributed by atoms with van der Waals surface area (Å²) in [6.45, 7) is 1.36. The molecular weight excluding hydrogens is 454 g/mol. The molecule has 0 saturated carbocycles. The maximum atomic E-state index is 15.3. The van der Waals surface area contributed by atoms with Crippen molar-refractivity contribution < 1.29 is 27.8 Å². The van der Waals surface area contributed by atoms with Gasteiger partial charge in [0.05, 0.1) is 6.33 Å². The van der Waals surface area contributed by atoms with E-state index in [1.165, 1.54) is 10.9 Å². The van der Waals surface area contributed by atoms with Crippen molar-refractivity contribution in [2.75, 3.05) is 31.3 Å². The van der Waals surface area contributed by atoms with Gasteiger partial charge < -0.3 is 20.5 Å². The van der Waals surface area contributed by atoms with Crippen molar-refractivity contribution in [2.45, 2.75) is 37.4 Å². The minimum Gasteiger partial charge on any atom is -0.387 e. The van der Waals surface area contributed by atoms with E-state index in [0.29, 0.717) is 17.1 Å². The number of aliphatic hydroxyl groups excluding tert-OH is 1. The first-order valence-electron chi connectivity index (χ1n) is 10.3. The third-order valence-electron chi connectivity index (χ3n) is 5.52. The van der Waals surface area contributed by atoms with Gasteiger partial charge in [0.25, 0.3) is 0 Å². The Morgan fingerprint density at radius 2 is 2.06 bits per heavy atom. The Kier molecular flexibility index (Phi) is 6.44. The third-order valence-corrected chi connectivity index (χ3v) is 6.22. The van der Waals surface area contributed by atoms with Gasteiger partial charge in [-0.15, -0.1) is 4.52 Å². The van der Waals surface area contributed by atoms with Gasteiger partial charge in [-0.05, 0) is 18.6 Å². The smallest absolute Gasteiger partial charge is 0.387 e. The molecule has 0 radical (unpaired) electrons. The van der Waals surface area contributed by atoms with E-state index in [9.17, 15) is 9.67 Å². The molecule has 1 saturated heterocycles. The van der Waals surface area contributed by atoms with Gasteiger partial charge >= 0.3 is 8.25 Å². The number of benzene rings is 1. The molecule has 0 aliphatic carbocycles. The Hall–Kier alpha value is -2.92. The first-order chi connectivity index (χ1) is 15.8. The van der Waals surface area contributed by atoms with Crippen LogP contribution in [0, 0.1) is 0 Å². The summed E-state index contributed by atoms with van der Waals surface area (Å²) in [6, 6.07) is 8.49. The van der Waals surface area contributed by atoms with Crippen LogP contribution in [0.4, 0.5) is 16.2 Å². The van der Waals surface area contributed by atoms with Crippen LogP contribution in [-0.4, -0.2) is 63.2 Å². The highest BCUT2D eigenvalue weighted by Crippen LogP contribution is 2.44. The van der Waals surface area contributed by atoms with E-state index in [1.807, 2.05) is 0 Å². The minimum atomic E-state index is -2.57. The third kappa shape index (κ3) is 4.34. The number of rotatable bonds is 8. The first kappa shape index (κ1) is 23.2. The highest BCUT2D eigenvalue weighted by atomic mass is 31.1. The van der Waals surface area contributed by atoms with E-state index >= 15 is 4.39 Å². The lowest BCUT2D eigenvalue weighted by atomic mass is 9.94. The molecule has 1 unspecified atom stereocenters. The molecule has 1 fully saturated rings. The predicted molar refractivity (Wildman–Crippen MR) is 119 cm³/mol. The van der Waals surface area contributed by atoms with E-state index in [4.69, 9.17) is 19.5 Å². The number of ether oxygens (including phenoxy) is 1.